The SMILES string of the molecule is Nc1ncnc2c1c(-c1ccc(Oc3ccccc3)cc1)nn2C1CCC(N2CCC3(CC2)CN(C2CN(c4ccc5c(c4)C(=O)N(C4CCC(=O)NC4=O)C5=O)C2)C3)CC1. The predicted molar refractivity (Wildman–Crippen MR) is 227 cm³/mol. The number of para-hydroxylation sites is 1. The van der Waals surface area contributed by atoms with E-state index in [1.807, 2.05) is 60.7 Å². The van der Waals surface area contributed by atoms with Crippen LogP contribution in [0.4, 0.5) is 11.5 Å². The van der Waals surface area contributed by atoms with Crippen LogP contribution in [0.15, 0.2) is 79.1 Å². The van der Waals surface area contributed by atoms with Crippen molar-refractivity contribution in [3.05, 3.63) is 90.3 Å². The maximum Gasteiger partial charge on any atom is 0.262 e. The first kappa shape index (κ1) is 37.8. The molecule has 0 bridgehead atoms. The van der Waals surface area contributed by atoms with E-state index in [1.165, 1.54) is 19.2 Å². The molecule has 15 heteroatoms. The Morgan fingerprint density at radius 3 is 2.18 bits per heavy atom. The summed E-state index contributed by atoms with van der Waals surface area (Å²) in [5.74, 6) is 0.0646. The van der Waals surface area contributed by atoms with Gasteiger partial charge in [0.1, 0.15) is 35.4 Å². The van der Waals surface area contributed by atoms with Gasteiger partial charge in [-0.3, -0.25) is 34.3 Å². The van der Waals surface area contributed by atoms with E-state index in [-0.39, 0.29) is 24.8 Å². The average molecular weight is 821 g/mol. The summed E-state index contributed by atoms with van der Waals surface area (Å²) in [6, 6.07) is 23.4. The van der Waals surface area contributed by atoms with E-state index in [9.17, 15) is 19.2 Å². The molecule has 1 atom stereocenters. The molecule has 5 aliphatic heterocycles. The van der Waals surface area contributed by atoms with Crippen LogP contribution in [-0.4, -0.2) is 115 Å². The molecule has 5 aromatic rings. The Kier molecular flexibility index (Phi) is 9.15. The summed E-state index contributed by atoms with van der Waals surface area (Å²) in [5.41, 5.74) is 11.0. The topological polar surface area (TPSA) is 172 Å². The normalized spacial score (nSPS) is 24.5. The Bertz CT molecular complexity index is 2550. The number of fused-ring (bicyclic) bond motifs is 2. The molecule has 61 heavy (non-hydrogen) atoms. The highest BCUT2D eigenvalue weighted by Crippen LogP contribution is 2.45. The van der Waals surface area contributed by atoms with Gasteiger partial charge in [0, 0.05) is 55.9 Å². The van der Waals surface area contributed by atoms with Crippen molar-refractivity contribution in [2.75, 3.05) is 49.9 Å². The molecule has 1 spiro atoms. The standard InChI is InChI=1S/C46H48N10O5/c47-41-39-40(28-6-13-34(14-7-28)61-33-4-2-1-3-5-33)51-56(42(39)49-27-48-41)30-10-8-29(9-11-30)52-20-18-46(19-21-52)25-54(26-46)32-23-53(24-32)31-12-15-35-36(22-31)45(60)55(44(35)59)37-16-17-38(57)50-43(37)58/h1-7,12-15,22,27,29-30,32,37H,8-11,16-21,23-26H2,(H2,47,48,49)(H,50,57,58). The largest absolute Gasteiger partial charge is 0.457 e. The Balaban J connectivity index is 0.666. The molecule has 1 aliphatic carbocycles. The minimum atomic E-state index is -0.958. The molecular weight excluding hydrogens is 773 g/mol. The number of rotatable bonds is 8. The zero-order chi connectivity index (χ0) is 41.4. The summed E-state index contributed by atoms with van der Waals surface area (Å²) in [6.45, 7) is 6.30. The quantitative estimate of drug-likeness (QED) is 0.200. The van der Waals surface area contributed by atoms with Crippen molar-refractivity contribution in [2.24, 2.45) is 5.41 Å². The maximum absolute atomic E-state index is 13.4. The number of piperidine rings is 2. The molecule has 312 valence electrons. The third kappa shape index (κ3) is 6.61. The highest BCUT2D eigenvalue weighted by Gasteiger charge is 2.50. The van der Waals surface area contributed by atoms with Crippen molar-refractivity contribution in [1.29, 1.82) is 0 Å². The molecule has 15 nitrogen and oxygen atoms in total. The number of nitrogens with two attached hydrogens (primary N) is 1. The fourth-order valence-corrected chi connectivity index (χ4v) is 10.7. The van der Waals surface area contributed by atoms with Crippen LogP contribution in [0.1, 0.15) is 78.1 Å². The number of nitrogens with zero attached hydrogens (tertiary/aromatic N) is 8. The number of carbonyl (C=O) groups is 4. The number of hydrogen-bond acceptors (Lipinski definition) is 12. The van der Waals surface area contributed by atoms with Gasteiger partial charge in [-0.1, -0.05) is 18.2 Å². The third-order valence-corrected chi connectivity index (χ3v) is 14.3. The number of nitrogen functional groups attached to an aromatic ring is 1. The molecule has 3 aromatic carbocycles. The molecule has 6 aliphatic rings. The molecular formula is C46H48N10O5. The highest BCUT2D eigenvalue weighted by atomic mass is 16.5. The van der Waals surface area contributed by atoms with Crippen molar-refractivity contribution in [3.8, 4) is 22.8 Å². The van der Waals surface area contributed by atoms with Crippen LogP contribution in [0.3, 0.4) is 0 Å². The second-order valence-electron chi connectivity index (χ2n) is 17.8. The van der Waals surface area contributed by atoms with Crippen molar-refractivity contribution in [1.82, 2.24) is 39.8 Å². The van der Waals surface area contributed by atoms with Crippen LogP contribution in [0, 0.1) is 5.41 Å². The number of carbonyl (C=O) groups excluding carboxylic acids is 4. The van der Waals surface area contributed by atoms with Gasteiger partial charge < -0.3 is 20.3 Å². The van der Waals surface area contributed by atoms with E-state index in [2.05, 4.69) is 34.7 Å². The van der Waals surface area contributed by atoms with E-state index in [1.54, 1.807) is 12.1 Å². The highest BCUT2D eigenvalue weighted by molar-refractivity contribution is 6.23. The van der Waals surface area contributed by atoms with Crippen LogP contribution in [0.5, 0.6) is 11.5 Å². The molecule has 2 aromatic heterocycles. The van der Waals surface area contributed by atoms with Gasteiger partial charge in [-0.2, -0.15) is 5.10 Å². The average Bonchev–Trinajstić information content (AvgIpc) is 3.76. The van der Waals surface area contributed by atoms with Gasteiger partial charge in [0.05, 0.1) is 22.6 Å². The number of ether oxygens (including phenoxy) is 1. The number of anilines is 2. The second kappa shape index (κ2) is 14.8. The lowest BCUT2D eigenvalue weighted by Crippen LogP contribution is -2.70. The molecule has 1 saturated carbocycles. The molecule has 7 heterocycles. The molecule has 1 unspecified atom stereocenters. The summed E-state index contributed by atoms with van der Waals surface area (Å²) in [5, 5.41) is 8.21. The van der Waals surface area contributed by atoms with Crippen molar-refractivity contribution < 1.29 is 23.9 Å². The van der Waals surface area contributed by atoms with Gasteiger partial charge in [-0.05, 0) is 118 Å². The third-order valence-electron chi connectivity index (χ3n) is 14.3. The van der Waals surface area contributed by atoms with Gasteiger partial charge in [-0.15, -0.1) is 0 Å². The smallest absolute Gasteiger partial charge is 0.262 e. The molecule has 3 N–H and O–H groups in total. The number of aromatic nitrogens is 4. The lowest BCUT2D eigenvalue weighted by molar-refractivity contribution is -0.136. The van der Waals surface area contributed by atoms with E-state index >= 15 is 0 Å². The number of likely N-dealkylation sites (tertiary alicyclic amines) is 2. The zero-order valence-corrected chi connectivity index (χ0v) is 33.9. The van der Waals surface area contributed by atoms with Gasteiger partial charge >= 0.3 is 0 Å². The minimum Gasteiger partial charge on any atom is -0.457 e. The molecule has 0 radical (unpaired) electrons. The van der Waals surface area contributed by atoms with Crippen LogP contribution < -0.4 is 20.7 Å². The van der Waals surface area contributed by atoms with Crippen LogP contribution in [0.2, 0.25) is 0 Å². The molecule has 11 rings (SSSR count). The number of benzene rings is 3. The molecule has 4 amide bonds. The van der Waals surface area contributed by atoms with E-state index in [4.69, 9.17) is 15.6 Å². The van der Waals surface area contributed by atoms with E-state index in [0.717, 1.165) is 109 Å². The monoisotopic (exact) mass is 820 g/mol. The predicted octanol–water partition coefficient (Wildman–Crippen LogP) is 5.04. The second-order valence-corrected chi connectivity index (χ2v) is 17.8. The van der Waals surface area contributed by atoms with Gasteiger partial charge in [0.15, 0.2) is 5.65 Å². The summed E-state index contributed by atoms with van der Waals surface area (Å²) >= 11 is 0. The van der Waals surface area contributed by atoms with Gasteiger partial charge in [0.25, 0.3) is 11.8 Å². The van der Waals surface area contributed by atoms with Crippen molar-refractivity contribution >= 4 is 46.2 Å². The van der Waals surface area contributed by atoms with Crippen LogP contribution in [-0.2, 0) is 9.59 Å². The summed E-state index contributed by atoms with van der Waals surface area (Å²) in [7, 11) is 0. The number of nitrogens with one attached hydrogen (secondary N) is 1. The maximum atomic E-state index is 13.4. The Hall–Kier alpha value is -6.19. The number of hydrogen-bond donors (Lipinski definition) is 2. The van der Waals surface area contributed by atoms with E-state index < -0.39 is 23.8 Å². The van der Waals surface area contributed by atoms with Crippen LogP contribution in [0.25, 0.3) is 22.3 Å². The fraction of sp³-hybridized carbons (Fsp3) is 0.413. The number of amides is 4. The fourth-order valence-electron chi connectivity index (χ4n) is 10.7. The first-order chi connectivity index (χ1) is 29.7. The first-order valence-electron chi connectivity index (χ1n) is 21.6. The van der Waals surface area contributed by atoms with E-state index in [0.29, 0.717) is 34.4 Å². The molecule has 5 fully saturated rings. The Morgan fingerprint density at radius 2 is 1.44 bits per heavy atom. The van der Waals surface area contributed by atoms with Gasteiger partial charge in [0.2, 0.25) is 11.8 Å². The Labute approximate surface area is 352 Å². The lowest BCUT2D eigenvalue weighted by atomic mass is 9.70. The minimum absolute atomic E-state index is 0.103. The number of imide groups is 2. The summed E-state index contributed by atoms with van der Waals surface area (Å²) in [4.78, 5) is 68.3. The Morgan fingerprint density at radius 1 is 0.738 bits per heavy atom. The van der Waals surface area contributed by atoms with Crippen molar-refractivity contribution in [3.63, 3.8) is 0 Å². The van der Waals surface area contributed by atoms with Crippen LogP contribution >= 0.6 is 0 Å². The summed E-state index contributed by atoms with van der Waals surface area (Å²) in [6.07, 6.45) is 8.57. The van der Waals surface area contributed by atoms with Crippen molar-refractivity contribution in [2.45, 2.75) is 75.5 Å². The summed E-state index contributed by atoms with van der Waals surface area (Å²) < 4.78 is 8.13. The molecule has 4 saturated heterocycles. The first-order valence-corrected chi connectivity index (χ1v) is 21.6. The zero-order valence-electron chi connectivity index (χ0n) is 33.9. The lowest BCUT2D eigenvalue weighted by Gasteiger charge is -2.60. The van der Waals surface area contributed by atoms with Gasteiger partial charge in [-0.25, -0.2) is 14.6 Å².